The summed E-state index contributed by atoms with van der Waals surface area (Å²) < 4.78 is 0. The Morgan fingerprint density at radius 2 is 2.10 bits per heavy atom. The van der Waals surface area contributed by atoms with Gasteiger partial charge in [-0.25, -0.2) is 0 Å². The van der Waals surface area contributed by atoms with Gasteiger partial charge in [0.05, 0.1) is 0 Å². The number of hydrogen-bond acceptors (Lipinski definition) is 3. The highest BCUT2D eigenvalue weighted by Crippen LogP contribution is 2.18. The first kappa shape index (κ1) is 18.0. The first-order valence-corrected chi connectivity index (χ1v) is 8.73. The van der Waals surface area contributed by atoms with E-state index in [4.69, 9.17) is 4.99 Å². The van der Waals surface area contributed by atoms with Gasteiger partial charge in [0.15, 0.2) is 5.96 Å². The van der Waals surface area contributed by atoms with Gasteiger partial charge < -0.3 is 15.5 Å². The van der Waals surface area contributed by atoms with Crippen molar-refractivity contribution in [1.29, 1.82) is 0 Å². The normalized spacial score (nSPS) is 13.8. The Morgan fingerprint density at radius 1 is 1.33 bits per heavy atom. The van der Waals surface area contributed by atoms with Crippen LogP contribution in [-0.2, 0) is 0 Å². The van der Waals surface area contributed by atoms with Crippen molar-refractivity contribution in [3.05, 3.63) is 22.4 Å². The van der Waals surface area contributed by atoms with Crippen LogP contribution in [-0.4, -0.2) is 50.1 Å². The second-order valence-electron chi connectivity index (χ2n) is 5.68. The molecule has 5 heteroatoms. The van der Waals surface area contributed by atoms with Crippen LogP contribution in [0.1, 0.15) is 39.2 Å². The Kier molecular flexibility index (Phi) is 8.38. The molecule has 0 saturated heterocycles. The van der Waals surface area contributed by atoms with E-state index in [1.807, 2.05) is 0 Å². The average molecular weight is 311 g/mol. The molecular formula is C16H30N4S. The van der Waals surface area contributed by atoms with Crippen molar-refractivity contribution in [3.63, 3.8) is 0 Å². The zero-order chi connectivity index (χ0) is 15.7. The zero-order valence-electron chi connectivity index (χ0n) is 14.0. The summed E-state index contributed by atoms with van der Waals surface area (Å²) in [5, 5.41) is 11.0. The molecular weight excluding hydrogens is 280 g/mol. The molecule has 1 rings (SSSR count). The highest BCUT2D eigenvalue weighted by Gasteiger charge is 2.06. The molecule has 0 aliphatic carbocycles. The third-order valence-electron chi connectivity index (χ3n) is 3.62. The molecule has 0 amide bonds. The maximum Gasteiger partial charge on any atom is 0.191 e. The molecule has 2 N–H and O–H groups in total. The third kappa shape index (κ3) is 6.96. The number of rotatable bonds is 8. The van der Waals surface area contributed by atoms with E-state index in [1.54, 1.807) is 11.3 Å². The second-order valence-corrected chi connectivity index (χ2v) is 6.46. The lowest BCUT2D eigenvalue weighted by molar-refractivity contribution is 0.278. The van der Waals surface area contributed by atoms with Crippen molar-refractivity contribution in [3.8, 4) is 0 Å². The van der Waals surface area contributed by atoms with Crippen LogP contribution in [0.25, 0.3) is 0 Å². The van der Waals surface area contributed by atoms with E-state index in [9.17, 15) is 0 Å². The Balaban J connectivity index is 2.42. The van der Waals surface area contributed by atoms with Gasteiger partial charge in [-0.1, -0.05) is 6.92 Å². The monoisotopic (exact) mass is 310 g/mol. The van der Waals surface area contributed by atoms with Gasteiger partial charge in [0.25, 0.3) is 0 Å². The SMILES string of the molecule is CCNC(=NCC(C)c1ccsc1)NCCN(C)C(C)C. The van der Waals surface area contributed by atoms with Crippen molar-refractivity contribution >= 4 is 17.3 Å². The number of thiophene rings is 1. The fourth-order valence-corrected chi connectivity index (χ4v) is 2.62. The third-order valence-corrected chi connectivity index (χ3v) is 4.32. The predicted octanol–water partition coefficient (Wildman–Crippen LogP) is 2.75. The summed E-state index contributed by atoms with van der Waals surface area (Å²) in [6.07, 6.45) is 0. The summed E-state index contributed by atoms with van der Waals surface area (Å²) in [4.78, 5) is 7.02. The topological polar surface area (TPSA) is 39.7 Å². The van der Waals surface area contributed by atoms with Crippen molar-refractivity contribution < 1.29 is 0 Å². The Bertz CT molecular complexity index is 400. The minimum Gasteiger partial charge on any atom is -0.357 e. The smallest absolute Gasteiger partial charge is 0.191 e. The quantitative estimate of drug-likeness (QED) is 0.573. The minimum absolute atomic E-state index is 0.463. The second kappa shape index (κ2) is 9.79. The number of nitrogens with one attached hydrogen (secondary N) is 2. The molecule has 0 spiro atoms. The van der Waals surface area contributed by atoms with E-state index in [0.717, 1.165) is 32.1 Å². The van der Waals surface area contributed by atoms with Gasteiger partial charge in [0.2, 0.25) is 0 Å². The molecule has 21 heavy (non-hydrogen) atoms. The van der Waals surface area contributed by atoms with E-state index in [1.165, 1.54) is 5.56 Å². The van der Waals surface area contributed by atoms with Crippen molar-refractivity contribution in [2.45, 2.75) is 39.7 Å². The molecule has 1 atom stereocenters. The molecule has 1 aromatic heterocycles. The van der Waals surface area contributed by atoms with Crippen LogP contribution in [0.2, 0.25) is 0 Å². The highest BCUT2D eigenvalue weighted by atomic mass is 32.1. The van der Waals surface area contributed by atoms with Gasteiger partial charge in [0, 0.05) is 38.1 Å². The van der Waals surface area contributed by atoms with Crippen LogP contribution >= 0.6 is 11.3 Å². The average Bonchev–Trinajstić information content (AvgIpc) is 2.98. The molecule has 1 unspecified atom stereocenters. The van der Waals surface area contributed by atoms with Crippen LogP contribution < -0.4 is 10.6 Å². The molecule has 0 fully saturated rings. The Morgan fingerprint density at radius 3 is 2.67 bits per heavy atom. The van der Waals surface area contributed by atoms with E-state index in [2.05, 4.69) is 67.1 Å². The molecule has 0 aromatic carbocycles. The lowest BCUT2D eigenvalue weighted by atomic mass is 10.1. The molecule has 0 saturated carbocycles. The summed E-state index contributed by atoms with van der Waals surface area (Å²) >= 11 is 1.75. The molecule has 120 valence electrons. The standard InChI is InChI=1S/C16H30N4S/c1-6-17-16(18-8-9-20(5)13(2)3)19-11-14(4)15-7-10-21-12-15/h7,10,12-14H,6,8-9,11H2,1-5H3,(H2,17,18,19). The largest absolute Gasteiger partial charge is 0.357 e. The lowest BCUT2D eigenvalue weighted by Crippen LogP contribution is -2.42. The molecule has 0 aliphatic rings. The number of aliphatic imine (C=N–C) groups is 1. The summed E-state index contributed by atoms with van der Waals surface area (Å²) in [5.74, 6) is 1.38. The summed E-state index contributed by atoms with van der Waals surface area (Å²) in [5.41, 5.74) is 1.37. The first-order chi connectivity index (χ1) is 10.0. The fourth-order valence-electron chi connectivity index (χ4n) is 1.84. The molecule has 1 heterocycles. The van der Waals surface area contributed by atoms with E-state index >= 15 is 0 Å². The number of likely N-dealkylation sites (N-methyl/N-ethyl adjacent to an activating group) is 1. The van der Waals surface area contributed by atoms with Gasteiger partial charge in [-0.05, 0) is 50.2 Å². The minimum atomic E-state index is 0.463. The van der Waals surface area contributed by atoms with Crippen molar-refractivity contribution in [2.24, 2.45) is 4.99 Å². The van der Waals surface area contributed by atoms with E-state index in [0.29, 0.717) is 12.0 Å². The van der Waals surface area contributed by atoms with Crippen LogP contribution in [0.4, 0.5) is 0 Å². The summed E-state index contributed by atoms with van der Waals surface area (Å²) in [7, 11) is 2.15. The molecule has 0 radical (unpaired) electrons. The highest BCUT2D eigenvalue weighted by molar-refractivity contribution is 7.07. The number of nitrogens with zero attached hydrogens (tertiary/aromatic N) is 2. The number of guanidine groups is 1. The van der Waals surface area contributed by atoms with Crippen LogP contribution in [0.3, 0.4) is 0 Å². The van der Waals surface area contributed by atoms with Crippen LogP contribution in [0, 0.1) is 0 Å². The van der Waals surface area contributed by atoms with Crippen molar-refractivity contribution in [2.75, 3.05) is 33.2 Å². The Labute approximate surface area is 133 Å². The van der Waals surface area contributed by atoms with E-state index < -0.39 is 0 Å². The lowest BCUT2D eigenvalue weighted by Gasteiger charge is -2.21. The van der Waals surface area contributed by atoms with Crippen LogP contribution in [0.15, 0.2) is 21.8 Å². The maximum atomic E-state index is 4.69. The summed E-state index contributed by atoms with van der Waals surface area (Å²) in [6.45, 7) is 12.4. The Hall–Kier alpha value is -1.07. The van der Waals surface area contributed by atoms with Crippen molar-refractivity contribution in [1.82, 2.24) is 15.5 Å². The van der Waals surface area contributed by atoms with Crippen LogP contribution in [0.5, 0.6) is 0 Å². The fraction of sp³-hybridized carbons (Fsp3) is 0.688. The van der Waals surface area contributed by atoms with Gasteiger partial charge in [-0.2, -0.15) is 11.3 Å². The molecule has 0 bridgehead atoms. The van der Waals surface area contributed by atoms with Gasteiger partial charge >= 0.3 is 0 Å². The molecule has 1 aromatic rings. The maximum absolute atomic E-state index is 4.69. The number of hydrogen-bond donors (Lipinski definition) is 2. The molecule has 0 aliphatic heterocycles. The van der Waals surface area contributed by atoms with E-state index in [-0.39, 0.29) is 0 Å². The predicted molar refractivity (Wildman–Crippen MR) is 94.5 cm³/mol. The van der Waals surface area contributed by atoms with Gasteiger partial charge in [0.1, 0.15) is 0 Å². The first-order valence-electron chi connectivity index (χ1n) is 7.79. The summed E-state index contributed by atoms with van der Waals surface area (Å²) in [6, 6.07) is 2.76. The van der Waals surface area contributed by atoms with Gasteiger partial charge in [-0.15, -0.1) is 0 Å². The van der Waals surface area contributed by atoms with Gasteiger partial charge in [-0.3, -0.25) is 4.99 Å². The zero-order valence-corrected chi connectivity index (χ0v) is 14.8. The molecule has 4 nitrogen and oxygen atoms in total.